The van der Waals surface area contributed by atoms with Crippen molar-refractivity contribution in [3.05, 3.63) is 11.8 Å². The second kappa shape index (κ2) is 4.23. The molecule has 5 unspecified atom stereocenters. The molecule has 5 atom stereocenters. The van der Waals surface area contributed by atoms with Gasteiger partial charge in [0, 0.05) is 23.3 Å². The number of carbonyl (C=O) groups is 3. The molecule has 0 spiro atoms. The van der Waals surface area contributed by atoms with Crippen LogP contribution < -0.4 is 0 Å². The Hall–Kier alpha value is -1.65. The number of fused-ring (bicyclic) bond motifs is 1. The van der Waals surface area contributed by atoms with Crippen molar-refractivity contribution in [3.8, 4) is 0 Å². The molecule has 1 N–H and O–H groups in total. The van der Waals surface area contributed by atoms with Crippen LogP contribution in [-0.2, 0) is 19.1 Å². The molecule has 5 heteroatoms. The molecule has 2 rings (SSSR count). The van der Waals surface area contributed by atoms with Gasteiger partial charge in [0.05, 0.1) is 12.4 Å². The van der Waals surface area contributed by atoms with Crippen molar-refractivity contribution in [1.29, 1.82) is 0 Å². The number of rotatable bonds is 1. The number of carboxylic acid groups (broad SMARTS) is 1. The van der Waals surface area contributed by atoms with E-state index in [1.54, 1.807) is 6.92 Å². The molecule has 0 aromatic carbocycles. The highest BCUT2D eigenvalue weighted by atomic mass is 16.5. The maximum absolute atomic E-state index is 12.1. The SMILES string of the molecule is CC1OC=C2C(=O)C(C(=O)O)C(=O)C(C)C2C1C. The van der Waals surface area contributed by atoms with Crippen LogP contribution in [0.2, 0.25) is 0 Å². The molecule has 2 aliphatic rings. The Labute approximate surface area is 105 Å². The minimum absolute atomic E-state index is 0.0163. The first-order valence-corrected chi connectivity index (χ1v) is 6.02. The Bertz CT molecular complexity index is 450. The van der Waals surface area contributed by atoms with E-state index >= 15 is 0 Å². The molecular formula is C13H16O5. The van der Waals surface area contributed by atoms with Crippen LogP contribution in [0.15, 0.2) is 11.8 Å². The van der Waals surface area contributed by atoms with Crippen LogP contribution in [-0.4, -0.2) is 28.7 Å². The van der Waals surface area contributed by atoms with Gasteiger partial charge in [-0.15, -0.1) is 0 Å². The zero-order valence-electron chi connectivity index (χ0n) is 10.5. The second-order valence-corrected chi connectivity index (χ2v) is 5.13. The minimum Gasteiger partial charge on any atom is -0.498 e. The van der Waals surface area contributed by atoms with Crippen LogP contribution in [0.5, 0.6) is 0 Å². The molecule has 1 saturated carbocycles. The number of carboxylic acids is 1. The third kappa shape index (κ3) is 1.65. The summed E-state index contributed by atoms with van der Waals surface area (Å²) in [5.41, 5.74) is 0.347. The minimum atomic E-state index is -1.56. The first-order valence-electron chi connectivity index (χ1n) is 6.02. The number of hydrogen-bond donors (Lipinski definition) is 1. The molecule has 98 valence electrons. The summed E-state index contributed by atoms with van der Waals surface area (Å²) in [4.78, 5) is 35.1. The predicted molar refractivity (Wildman–Crippen MR) is 61.6 cm³/mol. The zero-order valence-corrected chi connectivity index (χ0v) is 10.5. The number of allylic oxidation sites excluding steroid dienone is 1. The average Bonchev–Trinajstić information content (AvgIpc) is 2.29. The summed E-state index contributed by atoms with van der Waals surface area (Å²) in [7, 11) is 0. The van der Waals surface area contributed by atoms with Crippen molar-refractivity contribution >= 4 is 17.5 Å². The van der Waals surface area contributed by atoms with Gasteiger partial charge < -0.3 is 9.84 Å². The van der Waals surface area contributed by atoms with Gasteiger partial charge in [0.15, 0.2) is 17.5 Å². The van der Waals surface area contributed by atoms with E-state index in [2.05, 4.69) is 0 Å². The van der Waals surface area contributed by atoms with Crippen molar-refractivity contribution in [2.75, 3.05) is 0 Å². The van der Waals surface area contributed by atoms with Gasteiger partial charge in [-0.05, 0) is 6.92 Å². The Morgan fingerprint density at radius 1 is 1.28 bits per heavy atom. The van der Waals surface area contributed by atoms with E-state index in [0.29, 0.717) is 5.57 Å². The standard InChI is InChI=1S/C13H16O5/c1-5-7(3)18-4-8-9(5)6(2)11(14)10(12(8)15)13(16)17/h4-7,9-10H,1-3H3,(H,16,17). The summed E-state index contributed by atoms with van der Waals surface area (Å²) < 4.78 is 5.35. The largest absolute Gasteiger partial charge is 0.498 e. The van der Waals surface area contributed by atoms with Crippen LogP contribution in [0.4, 0.5) is 0 Å². The van der Waals surface area contributed by atoms with Crippen molar-refractivity contribution in [2.45, 2.75) is 26.9 Å². The predicted octanol–water partition coefficient (Wildman–Crippen LogP) is 1.03. The topological polar surface area (TPSA) is 80.7 Å². The summed E-state index contributed by atoms with van der Waals surface area (Å²) in [5, 5.41) is 9.00. The van der Waals surface area contributed by atoms with Gasteiger partial charge in [-0.25, -0.2) is 0 Å². The van der Waals surface area contributed by atoms with Crippen molar-refractivity contribution in [2.24, 2.45) is 23.7 Å². The molecule has 1 aliphatic heterocycles. The highest BCUT2D eigenvalue weighted by molar-refractivity contribution is 6.24. The molecule has 0 bridgehead atoms. The third-order valence-electron chi connectivity index (χ3n) is 4.14. The van der Waals surface area contributed by atoms with Crippen LogP contribution in [0.3, 0.4) is 0 Å². The Kier molecular flexibility index (Phi) is 3.00. The molecule has 1 heterocycles. The maximum Gasteiger partial charge on any atom is 0.322 e. The van der Waals surface area contributed by atoms with Crippen molar-refractivity contribution in [3.63, 3.8) is 0 Å². The molecule has 18 heavy (non-hydrogen) atoms. The van der Waals surface area contributed by atoms with Gasteiger partial charge in [-0.2, -0.15) is 0 Å². The van der Waals surface area contributed by atoms with Crippen LogP contribution in [0, 0.1) is 23.7 Å². The summed E-state index contributed by atoms with van der Waals surface area (Å²) >= 11 is 0. The van der Waals surface area contributed by atoms with Gasteiger partial charge in [0.2, 0.25) is 0 Å². The lowest BCUT2D eigenvalue weighted by atomic mass is 9.64. The average molecular weight is 252 g/mol. The lowest BCUT2D eigenvalue weighted by Gasteiger charge is -2.41. The third-order valence-corrected chi connectivity index (χ3v) is 4.14. The number of ketones is 2. The number of ether oxygens (including phenoxy) is 1. The van der Waals surface area contributed by atoms with Crippen LogP contribution in [0.25, 0.3) is 0 Å². The van der Waals surface area contributed by atoms with E-state index in [9.17, 15) is 14.4 Å². The zero-order chi connectivity index (χ0) is 13.6. The quantitative estimate of drug-likeness (QED) is 0.705. The summed E-state index contributed by atoms with van der Waals surface area (Å²) in [5.74, 6) is -4.72. The van der Waals surface area contributed by atoms with Crippen molar-refractivity contribution < 1.29 is 24.2 Å². The summed E-state index contributed by atoms with van der Waals surface area (Å²) in [6.07, 6.45) is 1.26. The van der Waals surface area contributed by atoms with E-state index < -0.39 is 29.4 Å². The maximum atomic E-state index is 12.1. The molecule has 5 nitrogen and oxygen atoms in total. The number of aliphatic carboxylic acids is 1. The molecule has 0 radical (unpaired) electrons. The van der Waals surface area contributed by atoms with Crippen LogP contribution >= 0.6 is 0 Å². The highest BCUT2D eigenvalue weighted by Crippen LogP contribution is 2.42. The van der Waals surface area contributed by atoms with Gasteiger partial charge in [0.1, 0.15) is 0 Å². The normalized spacial score (nSPS) is 39.7. The van der Waals surface area contributed by atoms with Gasteiger partial charge in [0.25, 0.3) is 0 Å². The lowest BCUT2D eigenvalue weighted by molar-refractivity contribution is -0.154. The second-order valence-electron chi connectivity index (χ2n) is 5.13. The smallest absolute Gasteiger partial charge is 0.322 e. The van der Waals surface area contributed by atoms with E-state index in [4.69, 9.17) is 9.84 Å². The Balaban J connectivity index is 2.46. The lowest BCUT2D eigenvalue weighted by Crippen LogP contribution is -2.50. The molecule has 1 aliphatic carbocycles. The fourth-order valence-corrected chi connectivity index (χ4v) is 2.87. The molecule has 0 aromatic rings. The molecule has 0 aromatic heterocycles. The van der Waals surface area contributed by atoms with Gasteiger partial charge >= 0.3 is 5.97 Å². The highest BCUT2D eigenvalue weighted by Gasteiger charge is 2.51. The van der Waals surface area contributed by atoms with E-state index in [-0.39, 0.29) is 17.9 Å². The van der Waals surface area contributed by atoms with E-state index in [1.165, 1.54) is 6.26 Å². The monoisotopic (exact) mass is 252 g/mol. The molecule has 1 fully saturated rings. The molecule has 0 amide bonds. The molecule has 0 saturated heterocycles. The number of carbonyl (C=O) groups excluding carboxylic acids is 2. The fraction of sp³-hybridized carbons (Fsp3) is 0.615. The van der Waals surface area contributed by atoms with E-state index in [0.717, 1.165) is 0 Å². The number of Topliss-reactive ketones (excluding diaryl/α,β-unsaturated/α-hetero) is 2. The van der Waals surface area contributed by atoms with Gasteiger partial charge in [-0.1, -0.05) is 13.8 Å². The Morgan fingerprint density at radius 2 is 1.89 bits per heavy atom. The first-order chi connectivity index (χ1) is 8.36. The van der Waals surface area contributed by atoms with Crippen LogP contribution in [0.1, 0.15) is 20.8 Å². The van der Waals surface area contributed by atoms with E-state index in [1.807, 2.05) is 13.8 Å². The summed E-state index contributed by atoms with van der Waals surface area (Å²) in [6, 6.07) is 0. The first kappa shape index (κ1) is 12.8. The Morgan fingerprint density at radius 3 is 2.44 bits per heavy atom. The number of hydrogen-bond acceptors (Lipinski definition) is 4. The van der Waals surface area contributed by atoms with Crippen molar-refractivity contribution in [1.82, 2.24) is 0 Å². The molecular weight excluding hydrogens is 236 g/mol. The summed E-state index contributed by atoms with van der Waals surface area (Å²) in [6.45, 7) is 5.49. The fourth-order valence-electron chi connectivity index (χ4n) is 2.87. The van der Waals surface area contributed by atoms with Gasteiger partial charge in [-0.3, -0.25) is 14.4 Å².